The molecular weight excluding hydrogens is 352 g/mol. The van der Waals surface area contributed by atoms with Crippen molar-refractivity contribution in [1.82, 2.24) is 18.9 Å². The summed E-state index contributed by atoms with van der Waals surface area (Å²) in [4.78, 5) is 20.8. The molecule has 0 unspecified atom stereocenters. The number of esters is 1. The highest BCUT2D eigenvalue weighted by Crippen LogP contribution is 2.22. The van der Waals surface area contributed by atoms with E-state index in [-0.39, 0.29) is 0 Å². The van der Waals surface area contributed by atoms with Crippen LogP contribution in [0, 0.1) is 0 Å². The molecule has 0 N–H and O–H groups in total. The number of ether oxygens (including phenoxy) is 1. The van der Waals surface area contributed by atoms with E-state index in [0.717, 1.165) is 16.8 Å². The number of halogens is 1. The van der Waals surface area contributed by atoms with Crippen molar-refractivity contribution in [3.8, 4) is 11.3 Å². The first-order valence-corrected chi connectivity index (χ1v) is 8.34. The van der Waals surface area contributed by atoms with Gasteiger partial charge in [-0.25, -0.2) is 14.8 Å². The average Bonchev–Trinajstić information content (AvgIpc) is 3.31. The zero-order valence-electron chi connectivity index (χ0n) is 14.0. The van der Waals surface area contributed by atoms with Crippen molar-refractivity contribution >= 4 is 23.2 Å². The second-order valence-electron chi connectivity index (χ2n) is 5.83. The second-order valence-corrected chi connectivity index (χ2v) is 6.27. The number of imidazole rings is 2. The Labute approximate surface area is 154 Å². The van der Waals surface area contributed by atoms with Crippen LogP contribution >= 0.6 is 11.6 Å². The summed E-state index contributed by atoms with van der Waals surface area (Å²) in [7, 11) is 1.36. The fourth-order valence-corrected chi connectivity index (χ4v) is 2.96. The van der Waals surface area contributed by atoms with Gasteiger partial charge in [0, 0.05) is 35.7 Å². The summed E-state index contributed by atoms with van der Waals surface area (Å²) in [5.74, 6) is -0.421. The molecule has 0 spiro atoms. The van der Waals surface area contributed by atoms with E-state index < -0.39 is 5.97 Å². The summed E-state index contributed by atoms with van der Waals surface area (Å²) in [5, 5.41) is 0.711. The van der Waals surface area contributed by atoms with E-state index in [9.17, 15) is 4.79 Å². The molecule has 3 heterocycles. The van der Waals surface area contributed by atoms with Crippen molar-refractivity contribution in [2.45, 2.75) is 6.54 Å². The van der Waals surface area contributed by atoms with E-state index in [2.05, 4.69) is 9.97 Å². The predicted molar refractivity (Wildman–Crippen MR) is 98.3 cm³/mol. The maximum absolute atomic E-state index is 12.1. The van der Waals surface area contributed by atoms with Crippen molar-refractivity contribution in [2.75, 3.05) is 7.11 Å². The fraction of sp³-hybridized carbons (Fsp3) is 0.105. The highest BCUT2D eigenvalue weighted by Gasteiger charge is 2.14. The van der Waals surface area contributed by atoms with E-state index in [0.29, 0.717) is 22.9 Å². The Morgan fingerprint density at radius 3 is 2.77 bits per heavy atom. The summed E-state index contributed by atoms with van der Waals surface area (Å²) in [6, 6.07) is 11.3. The molecule has 0 aliphatic rings. The Bertz CT molecular complexity index is 1080. The molecule has 0 aliphatic heterocycles. The third-order valence-electron chi connectivity index (χ3n) is 4.11. The van der Waals surface area contributed by atoms with Gasteiger partial charge in [-0.05, 0) is 29.8 Å². The minimum absolute atomic E-state index is 0.407. The Kier molecular flexibility index (Phi) is 4.18. The summed E-state index contributed by atoms with van der Waals surface area (Å²) in [6.45, 7) is 0.680. The molecule has 0 aliphatic carbocycles. The lowest BCUT2D eigenvalue weighted by Gasteiger charge is -2.06. The number of carbonyl (C=O) groups is 1. The van der Waals surface area contributed by atoms with Gasteiger partial charge in [-0.3, -0.25) is 4.40 Å². The molecule has 0 bridgehead atoms. The van der Waals surface area contributed by atoms with E-state index in [1.54, 1.807) is 29.2 Å². The van der Waals surface area contributed by atoms with Crippen LogP contribution in [0.25, 0.3) is 16.9 Å². The Hall–Kier alpha value is -3.12. The van der Waals surface area contributed by atoms with Crippen molar-refractivity contribution in [2.24, 2.45) is 0 Å². The molecule has 0 fully saturated rings. The lowest BCUT2D eigenvalue weighted by Crippen LogP contribution is -2.08. The molecular formula is C19H15ClN4O2. The maximum atomic E-state index is 12.1. The molecule has 0 radical (unpaired) electrons. The summed E-state index contributed by atoms with van der Waals surface area (Å²) in [6.07, 6.45) is 7.07. The molecule has 1 aromatic carbocycles. The first-order chi connectivity index (χ1) is 12.6. The maximum Gasteiger partial charge on any atom is 0.355 e. The largest absolute Gasteiger partial charge is 0.464 e. The normalized spacial score (nSPS) is 11.0. The number of hydrogen-bond acceptors (Lipinski definition) is 4. The smallest absolute Gasteiger partial charge is 0.355 e. The second kappa shape index (κ2) is 6.65. The Morgan fingerprint density at radius 2 is 2.00 bits per heavy atom. The number of aromatic nitrogens is 4. The van der Waals surface area contributed by atoms with Crippen LogP contribution in [0.5, 0.6) is 0 Å². The van der Waals surface area contributed by atoms with E-state index in [1.165, 1.54) is 7.11 Å². The minimum atomic E-state index is -0.421. The monoisotopic (exact) mass is 366 g/mol. The van der Waals surface area contributed by atoms with Gasteiger partial charge in [0.05, 0.1) is 19.1 Å². The summed E-state index contributed by atoms with van der Waals surface area (Å²) >= 11 is 5.92. The lowest BCUT2D eigenvalue weighted by atomic mass is 10.1. The van der Waals surface area contributed by atoms with Crippen LogP contribution in [0.1, 0.15) is 16.1 Å². The molecule has 0 saturated carbocycles. The summed E-state index contributed by atoms with van der Waals surface area (Å²) in [5.41, 5.74) is 3.76. The molecule has 4 rings (SSSR count). The van der Waals surface area contributed by atoms with Crippen LogP contribution in [0.15, 0.2) is 61.3 Å². The quantitative estimate of drug-likeness (QED) is 0.517. The molecule has 3 aromatic heterocycles. The van der Waals surface area contributed by atoms with Crippen LogP contribution in [0.4, 0.5) is 0 Å². The van der Waals surface area contributed by atoms with E-state index in [1.807, 2.05) is 41.1 Å². The zero-order valence-corrected chi connectivity index (χ0v) is 14.7. The number of nitrogens with zero attached hydrogens (tertiary/aromatic N) is 4. The minimum Gasteiger partial charge on any atom is -0.464 e. The van der Waals surface area contributed by atoms with Gasteiger partial charge in [0.25, 0.3) is 0 Å². The number of methoxy groups -OCH3 is 1. The van der Waals surface area contributed by atoms with Crippen LogP contribution in [0.2, 0.25) is 5.02 Å². The summed E-state index contributed by atoms with van der Waals surface area (Å²) < 4.78 is 8.55. The molecule has 6 nitrogen and oxygen atoms in total. The molecule has 0 saturated heterocycles. The number of pyridine rings is 1. The fourth-order valence-electron chi connectivity index (χ4n) is 2.83. The number of hydrogen-bond donors (Lipinski definition) is 0. The molecule has 0 amide bonds. The van der Waals surface area contributed by atoms with Crippen molar-refractivity contribution in [3.63, 3.8) is 0 Å². The highest BCUT2D eigenvalue weighted by molar-refractivity contribution is 6.30. The number of carbonyl (C=O) groups excluding carboxylic acids is 1. The van der Waals surface area contributed by atoms with Gasteiger partial charge >= 0.3 is 5.97 Å². The van der Waals surface area contributed by atoms with Gasteiger partial charge in [0.1, 0.15) is 11.3 Å². The molecule has 130 valence electrons. The van der Waals surface area contributed by atoms with Gasteiger partial charge in [-0.2, -0.15) is 0 Å². The highest BCUT2D eigenvalue weighted by atomic mass is 35.5. The van der Waals surface area contributed by atoms with Crippen molar-refractivity contribution < 1.29 is 9.53 Å². The van der Waals surface area contributed by atoms with Gasteiger partial charge in [0.2, 0.25) is 0 Å². The van der Waals surface area contributed by atoms with E-state index >= 15 is 0 Å². The Morgan fingerprint density at radius 1 is 1.19 bits per heavy atom. The van der Waals surface area contributed by atoms with Crippen molar-refractivity contribution in [1.29, 1.82) is 0 Å². The van der Waals surface area contributed by atoms with Gasteiger partial charge in [-0.15, -0.1) is 0 Å². The first-order valence-electron chi connectivity index (χ1n) is 7.96. The molecule has 7 heteroatoms. The molecule has 0 atom stereocenters. The third kappa shape index (κ3) is 3.07. The predicted octanol–water partition coefficient (Wildman–Crippen LogP) is 3.69. The Balaban J connectivity index is 1.68. The topological polar surface area (TPSA) is 61.4 Å². The van der Waals surface area contributed by atoms with Gasteiger partial charge in [0.15, 0.2) is 0 Å². The van der Waals surface area contributed by atoms with Gasteiger partial charge < -0.3 is 9.30 Å². The number of rotatable bonds is 4. The van der Waals surface area contributed by atoms with Crippen LogP contribution in [-0.2, 0) is 11.3 Å². The SMILES string of the molecule is COC(=O)c1cc(-c2cn(Cc3ccc(Cl)cc3)cn2)cc2nccn12. The van der Waals surface area contributed by atoms with Crippen LogP contribution in [-0.4, -0.2) is 32.0 Å². The number of fused-ring (bicyclic) bond motifs is 1. The van der Waals surface area contributed by atoms with Crippen LogP contribution < -0.4 is 0 Å². The van der Waals surface area contributed by atoms with E-state index in [4.69, 9.17) is 16.3 Å². The lowest BCUT2D eigenvalue weighted by molar-refractivity contribution is 0.0592. The molecule has 26 heavy (non-hydrogen) atoms. The first kappa shape index (κ1) is 16.4. The average molecular weight is 367 g/mol. The number of benzene rings is 1. The standard InChI is InChI=1S/C19H15ClN4O2/c1-26-19(25)17-8-14(9-18-21-6-7-24(17)18)16-11-23(12-22-16)10-13-2-4-15(20)5-3-13/h2-9,11-12H,10H2,1H3. The molecule has 4 aromatic rings. The van der Waals surface area contributed by atoms with Crippen LogP contribution in [0.3, 0.4) is 0 Å². The third-order valence-corrected chi connectivity index (χ3v) is 4.36. The van der Waals surface area contributed by atoms with Crippen molar-refractivity contribution in [3.05, 3.63) is 77.6 Å². The van der Waals surface area contributed by atoms with Gasteiger partial charge in [-0.1, -0.05) is 23.7 Å². The zero-order chi connectivity index (χ0) is 18.1.